The van der Waals surface area contributed by atoms with Gasteiger partial charge in [-0.15, -0.1) is 0 Å². The Labute approximate surface area is 101 Å². The lowest BCUT2D eigenvalue weighted by atomic mass is 9.84. The predicted molar refractivity (Wildman–Crippen MR) is 63.6 cm³/mol. The Hall–Kier alpha value is -1.29. The minimum atomic E-state index is -0.690. The number of carboxylic acids is 1. The highest BCUT2D eigenvalue weighted by molar-refractivity contribution is 5.70. The number of carboxylic acid groups (broad SMARTS) is 1. The van der Waals surface area contributed by atoms with Crippen molar-refractivity contribution in [2.45, 2.75) is 38.8 Å². The predicted octanol–water partition coefficient (Wildman–Crippen LogP) is 2.35. The monoisotopic (exact) mass is 237 g/mol. The van der Waals surface area contributed by atoms with Gasteiger partial charge < -0.3 is 9.52 Å². The van der Waals surface area contributed by atoms with E-state index in [1.807, 2.05) is 12.1 Å². The van der Waals surface area contributed by atoms with Crippen molar-refractivity contribution in [2.75, 3.05) is 6.54 Å². The zero-order valence-corrected chi connectivity index (χ0v) is 10.3. The molecule has 2 heterocycles. The van der Waals surface area contributed by atoms with Crippen molar-refractivity contribution in [3.8, 4) is 0 Å². The Kier molecular flexibility index (Phi) is 3.24. The van der Waals surface area contributed by atoms with E-state index in [0.29, 0.717) is 13.1 Å². The minimum Gasteiger partial charge on any atom is -0.481 e. The fourth-order valence-electron chi connectivity index (χ4n) is 2.36. The normalized spacial score (nSPS) is 24.7. The van der Waals surface area contributed by atoms with Crippen LogP contribution >= 0.6 is 0 Å². The second-order valence-electron chi connectivity index (χ2n) is 5.35. The van der Waals surface area contributed by atoms with Crippen molar-refractivity contribution in [3.05, 3.63) is 24.2 Å². The van der Waals surface area contributed by atoms with Gasteiger partial charge >= 0.3 is 5.97 Å². The Morgan fingerprint density at radius 1 is 1.65 bits per heavy atom. The van der Waals surface area contributed by atoms with Gasteiger partial charge in [-0.2, -0.15) is 0 Å². The van der Waals surface area contributed by atoms with E-state index in [0.717, 1.165) is 18.6 Å². The summed E-state index contributed by atoms with van der Waals surface area (Å²) in [5.74, 6) is -0.0490. The van der Waals surface area contributed by atoms with E-state index < -0.39 is 5.97 Å². The number of aliphatic carboxylic acids is 1. The molecule has 2 rings (SSSR count). The van der Waals surface area contributed by atoms with Gasteiger partial charge in [0.05, 0.1) is 18.7 Å². The summed E-state index contributed by atoms with van der Waals surface area (Å²) in [4.78, 5) is 13.3. The quantitative estimate of drug-likeness (QED) is 0.876. The SMILES string of the molecule is CC1(C)CCC(C(=O)O)CN1Cc1ccco1. The molecule has 1 aromatic rings. The zero-order valence-electron chi connectivity index (χ0n) is 10.3. The van der Waals surface area contributed by atoms with Crippen molar-refractivity contribution < 1.29 is 14.3 Å². The minimum absolute atomic E-state index is 0.0404. The summed E-state index contributed by atoms with van der Waals surface area (Å²) in [6, 6.07) is 3.79. The molecule has 1 saturated heterocycles. The standard InChI is InChI=1S/C13H19NO3/c1-13(2)6-5-10(12(15)16)8-14(13)9-11-4-3-7-17-11/h3-4,7,10H,5-6,8-9H2,1-2H3,(H,15,16). The van der Waals surface area contributed by atoms with Gasteiger partial charge in [0.15, 0.2) is 0 Å². The van der Waals surface area contributed by atoms with Crippen LogP contribution < -0.4 is 0 Å². The Bertz CT molecular complexity index is 383. The highest BCUT2D eigenvalue weighted by Crippen LogP contribution is 2.31. The van der Waals surface area contributed by atoms with Crippen LogP contribution in [0.3, 0.4) is 0 Å². The van der Waals surface area contributed by atoms with Crippen molar-refractivity contribution in [1.29, 1.82) is 0 Å². The van der Waals surface area contributed by atoms with E-state index >= 15 is 0 Å². The van der Waals surface area contributed by atoms with Crippen molar-refractivity contribution in [1.82, 2.24) is 4.90 Å². The molecule has 0 bridgehead atoms. The van der Waals surface area contributed by atoms with Gasteiger partial charge in [0, 0.05) is 12.1 Å². The van der Waals surface area contributed by atoms with Crippen LogP contribution in [0, 0.1) is 5.92 Å². The van der Waals surface area contributed by atoms with E-state index in [2.05, 4.69) is 18.7 Å². The lowest BCUT2D eigenvalue weighted by molar-refractivity contribution is -0.145. The Balaban J connectivity index is 2.08. The molecule has 0 aliphatic carbocycles. The summed E-state index contributed by atoms with van der Waals surface area (Å²) in [6.45, 7) is 5.61. The van der Waals surface area contributed by atoms with Crippen LogP contribution in [0.5, 0.6) is 0 Å². The lowest BCUT2D eigenvalue weighted by Crippen LogP contribution is -2.51. The van der Waals surface area contributed by atoms with Gasteiger partial charge in [-0.3, -0.25) is 9.69 Å². The molecule has 1 aliphatic heterocycles. The van der Waals surface area contributed by atoms with Crippen LogP contribution in [0.15, 0.2) is 22.8 Å². The van der Waals surface area contributed by atoms with Gasteiger partial charge in [-0.05, 0) is 38.8 Å². The zero-order chi connectivity index (χ0) is 12.5. The molecule has 0 spiro atoms. The van der Waals surface area contributed by atoms with Gasteiger partial charge in [0.2, 0.25) is 0 Å². The first kappa shape index (κ1) is 12.2. The Morgan fingerprint density at radius 2 is 2.41 bits per heavy atom. The van der Waals surface area contributed by atoms with Crippen LogP contribution in [-0.4, -0.2) is 28.1 Å². The van der Waals surface area contributed by atoms with Crippen LogP contribution in [0.2, 0.25) is 0 Å². The van der Waals surface area contributed by atoms with E-state index in [-0.39, 0.29) is 11.5 Å². The molecular weight excluding hydrogens is 218 g/mol. The average Bonchev–Trinajstić information content (AvgIpc) is 2.73. The van der Waals surface area contributed by atoms with Crippen molar-refractivity contribution in [2.24, 2.45) is 5.92 Å². The number of likely N-dealkylation sites (tertiary alicyclic amines) is 1. The van der Waals surface area contributed by atoms with Crippen LogP contribution in [-0.2, 0) is 11.3 Å². The van der Waals surface area contributed by atoms with E-state index in [4.69, 9.17) is 9.52 Å². The maximum Gasteiger partial charge on any atom is 0.307 e. The number of hydrogen-bond acceptors (Lipinski definition) is 3. The molecule has 4 nitrogen and oxygen atoms in total. The fraction of sp³-hybridized carbons (Fsp3) is 0.615. The second-order valence-corrected chi connectivity index (χ2v) is 5.35. The van der Waals surface area contributed by atoms with E-state index in [9.17, 15) is 4.79 Å². The van der Waals surface area contributed by atoms with E-state index in [1.165, 1.54) is 0 Å². The molecule has 1 N–H and O–H groups in total. The van der Waals surface area contributed by atoms with Gasteiger partial charge in [-0.25, -0.2) is 0 Å². The molecule has 1 aliphatic rings. The molecule has 1 atom stereocenters. The Morgan fingerprint density at radius 3 is 3.00 bits per heavy atom. The number of rotatable bonds is 3. The maximum absolute atomic E-state index is 11.1. The third-order valence-corrected chi connectivity index (χ3v) is 3.68. The topological polar surface area (TPSA) is 53.7 Å². The first-order valence-corrected chi connectivity index (χ1v) is 5.99. The average molecular weight is 237 g/mol. The molecule has 1 unspecified atom stereocenters. The number of carbonyl (C=O) groups is 1. The summed E-state index contributed by atoms with van der Waals surface area (Å²) in [5, 5.41) is 9.10. The summed E-state index contributed by atoms with van der Waals surface area (Å²) in [7, 11) is 0. The molecular formula is C13H19NO3. The van der Waals surface area contributed by atoms with Crippen molar-refractivity contribution in [3.63, 3.8) is 0 Å². The lowest BCUT2D eigenvalue weighted by Gasteiger charge is -2.44. The van der Waals surface area contributed by atoms with Crippen LogP contribution in [0.4, 0.5) is 0 Å². The summed E-state index contributed by atoms with van der Waals surface area (Å²) < 4.78 is 5.34. The van der Waals surface area contributed by atoms with E-state index in [1.54, 1.807) is 6.26 Å². The molecule has 1 aromatic heterocycles. The third-order valence-electron chi connectivity index (χ3n) is 3.68. The molecule has 94 valence electrons. The largest absolute Gasteiger partial charge is 0.481 e. The van der Waals surface area contributed by atoms with Crippen LogP contribution in [0.25, 0.3) is 0 Å². The van der Waals surface area contributed by atoms with Crippen LogP contribution in [0.1, 0.15) is 32.4 Å². The second kappa shape index (κ2) is 4.53. The number of piperidine rings is 1. The summed E-state index contributed by atoms with van der Waals surface area (Å²) >= 11 is 0. The first-order chi connectivity index (χ1) is 7.99. The van der Waals surface area contributed by atoms with Gasteiger partial charge in [-0.1, -0.05) is 0 Å². The maximum atomic E-state index is 11.1. The molecule has 4 heteroatoms. The molecule has 0 aromatic carbocycles. The highest BCUT2D eigenvalue weighted by atomic mass is 16.4. The highest BCUT2D eigenvalue weighted by Gasteiger charge is 2.37. The number of hydrogen-bond donors (Lipinski definition) is 1. The molecule has 0 saturated carbocycles. The molecule has 17 heavy (non-hydrogen) atoms. The van der Waals surface area contributed by atoms with Gasteiger partial charge in [0.25, 0.3) is 0 Å². The summed E-state index contributed by atoms with van der Waals surface area (Å²) in [6.07, 6.45) is 3.32. The molecule has 0 radical (unpaired) electrons. The van der Waals surface area contributed by atoms with Gasteiger partial charge in [0.1, 0.15) is 5.76 Å². The third kappa shape index (κ3) is 2.69. The summed E-state index contributed by atoms with van der Waals surface area (Å²) in [5.41, 5.74) is 0.0404. The smallest absolute Gasteiger partial charge is 0.307 e. The van der Waals surface area contributed by atoms with Crippen molar-refractivity contribution >= 4 is 5.97 Å². The number of furan rings is 1. The fourth-order valence-corrected chi connectivity index (χ4v) is 2.36. The molecule has 1 fully saturated rings. The number of nitrogens with zero attached hydrogens (tertiary/aromatic N) is 1. The molecule has 0 amide bonds. The first-order valence-electron chi connectivity index (χ1n) is 5.99.